The van der Waals surface area contributed by atoms with Crippen LogP contribution in [0, 0.1) is 0 Å². The molecule has 0 saturated carbocycles. The molecular weight excluding hydrogens is 290 g/mol. The van der Waals surface area contributed by atoms with Crippen molar-refractivity contribution in [1.82, 2.24) is 0 Å². The summed E-state index contributed by atoms with van der Waals surface area (Å²) in [5.41, 5.74) is -1.81. The summed E-state index contributed by atoms with van der Waals surface area (Å²) in [6.07, 6.45) is -0.913. The molecule has 0 aliphatic rings. The van der Waals surface area contributed by atoms with Gasteiger partial charge in [-0.1, -0.05) is 60.7 Å². The molecule has 5 heteroatoms. The number of hydrogen-bond donors (Lipinski definition) is 2. The fourth-order valence-electron chi connectivity index (χ4n) is 2.35. The van der Waals surface area contributed by atoms with E-state index >= 15 is 0 Å². The van der Waals surface area contributed by atoms with Gasteiger partial charge in [0.2, 0.25) is 0 Å². The van der Waals surface area contributed by atoms with Gasteiger partial charge < -0.3 is 10.2 Å². The number of benzene rings is 2. The number of hydrogen-bond acceptors (Lipinski definition) is 2. The van der Waals surface area contributed by atoms with E-state index in [-0.39, 0.29) is 0 Å². The van der Waals surface area contributed by atoms with Crippen molar-refractivity contribution in [3.63, 3.8) is 0 Å². The largest absolute Gasteiger partial charge is 0.477 e. The van der Waals surface area contributed by atoms with E-state index in [0.717, 1.165) is 0 Å². The zero-order chi connectivity index (χ0) is 16.2. The molecule has 2 aromatic carbocycles. The van der Waals surface area contributed by atoms with Crippen molar-refractivity contribution in [3.05, 3.63) is 71.8 Å². The highest BCUT2D eigenvalue weighted by Crippen LogP contribution is 2.35. The standard InChI is InChI=1S/C17H16F2O3/c18-17(19,15(20)21)16(22,11-13-7-3-1-4-8-13)12-14-9-5-2-6-10-14/h1-10,22H,11-12H2,(H,20,21). The molecule has 0 aromatic heterocycles. The van der Waals surface area contributed by atoms with Gasteiger partial charge >= 0.3 is 11.9 Å². The summed E-state index contributed by atoms with van der Waals surface area (Å²) in [7, 11) is 0. The number of halogens is 2. The Kier molecular flexibility index (Phi) is 4.56. The molecule has 2 N–H and O–H groups in total. The van der Waals surface area contributed by atoms with Crippen LogP contribution in [0.3, 0.4) is 0 Å². The first-order valence-electron chi connectivity index (χ1n) is 6.76. The molecule has 116 valence electrons. The van der Waals surface area contributed by atoms with Crippen LogP contribution in [0.2, 0.25) is 0 Å². The zero-order valence-corrected chi connectivity index (χ0v) is 11.7. The van der Waals surface area contributed by atoms with Crippen molar-refractivity contribution in [2.24, 2.45) is 0 Å². The van der Waals surface area contributed by atoms with Crippen molar-refractivity contribution >= 4 is 5.97 Å². The maximum Gasteiger partial charge on any atom is 0.377 e. The van der Waals surface area contributed by atoms with Gasteiger partial charge in [0.25, 0.3) is 0 Å². The molecule has 0 atom stereocenters. The lowest BCUT2D eigenvalue weighted by molar-refractivity contribution is -0.208. The first-order valence-corrected chi connectivity index (χ1v) is 6.76. The second-order valence-corrected chi connectivity index (χ2v) is 5.24. The van der Waals surface area contributed by atoms with Crippen LogP contribution in [0.5, 0.6) is 0 Å². The van der Waals surface area contributed by atoms with E-state index in [1.807, 2.05) is 0 Å². The third-order valence-electron chi connectivity index (χ3n) is 3.53. The van der Waals surface area contributed by atoms with Crippen LogP contribution >= 0.6 is 0 Å². The monoisotopic (exact) mass is 306 g/mol. The molecule has 0 amide bonds. The van der Waals surface area contributed by atoms with Gasteiger partial charge in [-0.3, -0.25) is 0 Å². The van der Waals surface area contributed by atoms with E-state index in [4.69, 9.17) is 5.11 Å². The van der Waals surface area contributed by atoms with Gasteiger partial charge in [0.05, 0.1) is 0 Å². The minimum atomic E-state index is -4.27. The molecule has 0 radical (unpaired) electrons. The molecule has 0 saturated heterocycles. The predicted molar refractivity (Wildman–Crippen MR) is 77.8 cm³/mol. The lowest BCUT2D eigenvalue weighted by Crippen LogP contribution is -2.56. The number of aliphatic hydroxyl groups is 1. The highest BCUT2D eigenvalue weighted by atomic mass is 19.3. The Hall–Kier alpha value is -2.27. The number of aliphatic carboxylic acids is 1. The topological polar surface area (TPSA) is 57.5 Å². The molecular formula is C17H16F2O3. The average Bonchev–Trinajstić information content (AvgIpc) is 2.48. The van der Waals surface area contributed by atoms with Crippen LogP contribution in [0.1, 0.15) is 11.1 Å². The lowest BCUT2D eigenvalue weighted by atomic mass is 9.82. The molecule has 3 nitrogen and oxygen atoms in total. The Morgan fingerprint density at radius 1 is 0.864 bits per heavy atom. The second kappa shape index (κ2) is 6.23. The molecule has 2 rings (SSSR count). The summed E-state index contributed by atoms with van der Waals surface area (Å²) < 4.78 is 28.2. The summed E-state index contributed by atoms with van der Waals surface area (Å²) in [4.78, 5) is 10.9. The summed E-state index contributed by atoms with van der Waals surface area (Å²) in [6.45, 7) is 0. The highest BCUT2D eigenvalue weighted by molar-refractivity contribution is 5.77. The van der Waals surface area contributed by atoms with E-state index in [9.17, 15) is 18.7 Å². The van der Waals surface area contributed by atoms with E-state index in [0.29, 0.717) is 11.1 Å². The van der Waals surface area contributed by atoms with Gasteiger partial charge in [-0.2, -0.15) is 8.78 Å². The van der Waals surface area contributed by atoms with Gasteiger partial charge in [0, 0.05) is 12.8 Å². The van der Waals surface area contributed by atoms with E-state index in [1.54, 1.807) is 60.7 Å². The van der Waals surface area contributed by atoms with Crippen molar-refractivity contribution in [2.45, 2.75) is 24.4 Å². The summed E-state index contributed by atoms with van der Waals surface area (Å²) >= 11 is 0. The molecule has 0 heterocycles. The predicted octanol–water partition coefficient (Wildman–Crippen LogP) is 2.92. The number of rotatable bonds is 6. The maximum atomic E-state index is 14.1. The molecule has 0 spiro atoms. The van der Waals surface area contributed by atoms with Gasteiger partial charge in [-0.25, -0.2) is 4.79 Å². The first-order chi connectivity index (χ1) is 10.3. The average molecular weight is 306 g/mol. The minimum absolute atomic E-state index is 0.446. The summed E-state index contributed by atoms with van der Waals surface area (Å²) in [5, 5.41) is 19.3. The van der Waals surface area contributed by atoms with Crippen LogP contribution in [-0.2, 0) is 17.6 Å². The van der Waals surface area contributed by atoms with Crippen molar-refractivity contribution in [2.75, 3.05) is 0 Å². The van der Waals surface area contributed by atoms with Gasteiger partial charge in [0.1, 0.15) is 5.60 Å². The molecule has 0 unspecified atom stereocenters. The van der Waals surface area contributed by atoms with Crippen LogP contribution in [-0.4, -0.2) is 27.7 Å². The fourth-order valence-corrected chi connectivity index (χ4v) is 2.35. The van der Waals surface area contributed by atoms with Crippen LogP contribution in [0.25, 0.3) is 0 Å². The number of carbonyl (C=O) groups is 1. The molecule has 0 aliphatic heterocycles. The Balaban J connectivity index is 2.38. The smallest absolute Gasteiger partial charge is 0.377 e. The third kappa shape index (κ3) is 3.31. The number of carboxylic acids is 1. The molecule has 0 aliphatic carbocycles. The molecule has 0 fully saturated rings. The van der Waals surface area contributed by atoms with Crippen LogP contribution < -0.4 is 0 Å². The maximum absolute atomic E-state index is 14.1. The van der Waals surface area contributed by atoms with Crippen LogP contribution in [0.4, 0.5) is 8.78 Å². The normalized spacial score (nSPS) is 12.1. The number of carboxylic acid groups (broad SMARTS) is 1. The van der Waals surface area contributed by atoms with E-state index < -0.39 is 30.3 Å². The van der Waals surface area contributed by atoms with Crippen molar-refractivity contribution in [1.29, 1.82) is 0 Å². The second-order valence-electron chi connectivity index (χ2n) is 5.24. The Morgan fingerprint density at radius 2 is 1.23 bits per heavy atom. The summed E-state index contributed by atoms with van der Waals surface area (Å²) in [5.74, 6) is -6.60. The minimum Gasteiger partial charge on any atom is -0.477 e. The lowest BCUT2D eigenvalue weighted by Gasteiger charge is -2.33. The highest BCUT2D eigenvalue weighted by Gasteiger charge is 2.58. The van der Waals surface area contributed by atoms with Gasteiger partial charge in [0.15, 0.2) is 0 Å². The summed E-state index contributed by atoms with van der Waals surface area (Å²) in [6, 6.07) is 16.3. The quantitative estimate of drug-likeness (QED) is 0.863. The molecule has 2 aromatic rings. The van der Waals surface area contributed by atoms with E-state index in [2.05, 4.69) is 0 Å². The van der Waals surface area contributed by atoms with Gasteiger partial charge in [-0.15, -0.1) is 0 Å². The molecule has 22 heavy (non-hydrogen) atoms. The van der Waals surface area contributed by atoms with Crippen molar-refractivity contribution in [3.8, 4) is 0 Å². The van der Waals surface area contributed by atoms with Gasteiger partial charge in [-0.05, 0) is 11.1 Å². The Morgan fingerprint density at radius 3 is 1.55 bits per heavy atom. The van der Waals surface area contributed by atoms with E-state index in [1.165, 1.54) is 0 Å². The Labute approximate surface area is 126 Å². The SMILES string of the molecule is O=C(O)C(F)(F)C(O)(Cc1ccccc1)Cc1ccccc1. The zero-order valence-electron chi connectivity index (χ0n) is 11.7. The number of alkyl halides is 2. The fraction of sp³-hybridized carbons (Fsp3) is 0.235. The molecule has 0 bridgehead atoms. The third-order valence-corrected chi connectivity index (χ3v) is 3.53. The van der Waals surface area contributed by atoms with Crippen LogP contribution in [0.15, 0.2) is 60.7 Å². The first kappa shape index (κ1) is 16.1. The Bertz CT molecular complexity index is 585. The van der Waals surface area contributed by atoms with Crippen molar-refractivity contribution < 1.29 is 23.8 Å².